The summed E-state index contributed by atoms with van der Waals surface area (Å²) in [5, 5.41) is 8.77. The molecular weight excluding hydrogens is 220 g/mol. The lowest BCUT2D eigenvalue weighted by molar-refractivity contribution is 0.286. The second kappa shape index (κ2) is 10.6. The van der Waals surface area contributed by atoms with Gasteiger partial charge in [-0.1, -0.05) is 64.0 Å². The first-order chi connectivity index (χ1) is 8.86. The van der Waals surface area contributed by atoms with E-state index >= 15 is 0 Å². The quantitative estimate of drug-likeness (QED) is 0.447. The molecule has 0 radical (unpaired) electrons. The van der Waals surface area contributed by atoms with Gasteiger partial charge in [-0.15, -0.1) is 0 Å². The van der Waals surface area contributed by atoms with Crippen molar-refractivity contribution in [2.45, 2.75) is 77.6 Å². The normalized spacial score (nSPS) is 24.8. The zero-order valence-electron chi connectivity index (χ0n) is 12.2. The molecule has 0 amide bonds. The second-order valence-electron chi connectivity index (χ2n) is 5.95. The highest BCUT2D eigenvalue weighted by Crippen LogP contribution is 2.32. The number of aliphatic hydroxyl groups is 1. The van der Waals surface area contributed by atoms with E-state index in [9.17, 15) is 0 Å². The Labute approximate surface area is 114 Å². The Hall–Kier alpha value is -0.300. The highest BCUT2D eigenvalue weighted by atomic mass is 16.2. The lowest BCUT2D eigenvalue weighted by Crippen LogP contribution is -2.13. The molecule has 1 N–H and O–H groups in total. The Morgan fingerprint density at radius 3 is 2.28 bits per heavy atom. The summed E-state index contributed by atoms with van der Waals surface area (Å²) < 4.78 is 0. The first-order valence-electron chi connectivity index (χ1n) is 8.14. The molecule has 0 unspecified atom stereocenters. The van der Waals surface area contributed by atoms with Crippen molar-refractivity contribution in [2.24, 2.45) is 11.8 Å². The van der Waals surface area contributed by atoms with E-state index < -0.39 is 0 Å². The number of aliphatic hydroxyl groups excluding tert-OH is 1. The monoisotopic (exact) mass is 252 g/mol. The fourth-order valence-electron chi connectivity index (χ4n) is 3.14. The molecule has 1 saturated carbocycles. The van der Waals surface area contributed by atoms with Crippen molar-refractivity contribution in [1.82, 2.24) is 0 Å². The Kier molecular flexibility index (Phi) is 9.28. The van der Waals surface area contributed by atoms with Crippen LogP contribution in [0.4, 0.5) is 0 Å². The lowest BCUT2D eigenvalue weighted by Gasteiger charge is -2.26. The van der Waals surface area contributed by atoms with Gasteiger partial charge in [-0.2, -0.15) is 0 Å². The van der Waals surface area contributed by atoms with Gasteiger partial charge in [-0.3, -0.25) is 0 Å². The van der Waals surface area contributed by atoms with E-state index in [-0.39, 0.29) is 6.61 Å². The van der Waals surface area contributed by atoms with Crippen molar-refractivity contribution < 1.29 is 5.11 Å². The predicted molar refractivity (Wildman–Crippen MR) is 79.7 cm³/mol. The van der Waals surface area contributed by atoms with Crippen molar-refractivity contribution in [3.05, 3.63) is 12.2 Å². The number of allylic oxidation sites excluding steroid dienone is 1. The fraction of sp³-hybridized carbons (Fsp3) is 0.882. The number of unbranched alkanes of at least 4 members (excludes halogenated alkanes) is 5. The molecule has 1 heteroatoms. The Bertz CT molecular complexity index is 202. The maximum absolute atomic E-state index is 8.77. The summed E-state index contributed by atoms with van der Waals surface area (Å²) in [6.07, 6.45) is 19.7. The third-order valence-electron chi connectivity index (χ3n) is 4.37. The third kappa shape index (κ3) is 7.20. The van der Waals surface area contributed by atoms with Gasteiger partial charge >= 0.3 is 0 Å². The van der Waals surface area contributed by atoms with Crippen LogP contribution in [-0.2, 0) is 0 Å². The average molecular weight is 252 g/mol. The first-order valence-corrected chi connectivity index (χ1v) is 8.14. The van der Waals surface area contributed by atoms with Crippen LogP contribution in [-0.4, -0.2) is 11.7 Å². The van der Waals surface area contributed by atoms with Crippen LogP contribution in [0.25, 0.3) is 0 Å². The molecule has 1 nitrogen and oxygen atoms in total. The molecule has 0 aromatic heterocycles. The molecule has 0 aromatic rings. The van der Waals surface area contributed by atoms with Gasteiger partial charge < -0.3 is 5.11 Å². The standard InChI is InChI=1S/C17H32O/c1-2-3-4-5-6-7-9-16-11-13-17(14-12-16)10-8-15-18/h8,10,16-18H,2-7,9,11-15H2,1H3/b10-8+. The Morgan fingerprint density at radius 2 is 1.61 bits per heavy atom. The van der Waals surface area contributed by atoms with Crippen molar-refractivity contribution >= 4 is 0 Å². The van der Waals surface area contributed by atoms with Crippen molar-refractivity contribution in [3.63, 3.8) is 0 Å². The van der Waals surface area contributed by atoms with Crippen LogP contribution in [0, 0.1) is 11.8 Å². The molecule has 0 atom stereocenters. The van der Waals surface area contributed by atoms with E-state index in [1.54, 1.807) is 0 Å². The molecule has 0 aliphatic heterocycles. The first kappa shape index (κ1) is 15.8. The number of hydrogen-bond acceptors (Lipinski definition) is 1. The van der Waals surface area contributed by atoms with Crippen LogP contribution in [0.15, 0.2) is 12.2 Å². The average Bonchev–Trinajstić information content (AvgIpc) is 2.42. The topological polar surface area (TPSA) is 20.2 Å². The SMILES string of the molecule is CCCCCCCCC1CCC(/C=C/CO)CC1. The Balaban J connectivity index is 1.97. The van der Waals surface area contributed by atoms with E-state index in [2.05, 4.69) is 13.0 Å². The summed E-state index contributed by atoms with van der Waals surface area (Å²) in [6.45, 7) is 2.49. The molecule has 1 fully saturated rings. The summed E-state index contributed by atoms with van der Waals surface area (Å²) >= 11 is 0. The molecule has 0 spiro atoms. The third-order valence-corrected chi connectivity index (χ3v) is 4.37. The van der Waals surface area contributed by atoms with Gasteiger partial charge in [0.1, 0.15) is 0 Å². The summed E-state index contributed by atoms with van der Waals surface area (Å²) in [4.78, 5) is 0. The van der Waals surface area contributed by atoms with Crippen molar-refractivity contribution in [1.29, 1.82) is 0 Å². The maximum Gasteiger partial charge on any atom is 0.0612 e. The predicted octanol–water partition coefficient (Wildman–Crippen LogP) is 5.09. The molecule has 1 aliphatic rings. The van der Waals surface area contributed by atoms with E-state index in [1.807, 2.05) is 6.08 Å². The van der Waals surface area contributed by atoms with Crippen molar-refractivity contribution in [2.75, 3.05) is 6.61 Å². The Morgan fingerprint density at radius 1 is 0.944 bits per heavy atom. The molecule has 18 heavy (non-hydrogen) atoms. The molecule has 0 bridgehead atoms. The van der Waals surface area contributed by atoms with Crippen LogP contribution < -0.4 is 0 Å². The highest BCUT2D eigenvalue weighted by molar-refractivity contribution is 4.90. The highest BCUT2D eigenvalue weighted by Gasteiger charge is 2.18. The minimum Gasteiger partial charge on any atom is -0.392 e. The molecule has 1 rings (SSSR count). The molecule has 0 heterocycles. The maximum atomic E-state index is 8.77. The summed E-state index contributed by atoms with van der Waals surface area (Å²) in [5.74, 6) is 1.74. The zero-order chi connectivity index (χ0) is 13.1. The van der Waals surface area contributed by atoms with Gasteiger partial charge in [0, 0.05) is 0 Å². The minimum absolute atomic E-state index is 0.206. The molecule has 0 aromatic carbocycles. The minimum atomic E-state index is 0.206. The van der Waals surface area contributed by atoms with E-state index in [0.717, 1.165) is 11.8 Å². The lowest BCUT2D eigenvalue weighted by atomic mass is 9.79. The van der Waals surface area contributed by atoms with Gasteiger partial charge in [-0.05, 0) is 37.5 Å². The van der Waals surface area contributed by atoms with Crippen LogP contribution in [0.2, 0.25) is 0 Å². The smallest absolute Gasteiger partial charge is 0.0612 e. The van der Waals surface area contributed by atoms with Gasteiger partial charge in [0.25, 0.3) is 0 Å². The molecule has 1 aliphatic carbocycles. The molecule has 0 saturated heterocycles. The largest absolute Gasteiger partial charge is 0.392 e. The summed E-state index contributed by atoms with van der Waals surface area (Å²) in [7, 11) is 0. The van der Waals surface area contributed by atoms with Gasteiger partial charge in [0.05, 0.1) is 6.61 Å². The molecular formula is C17H32O. The zero-order valence-corrected chi connectivity index (χ0v) is 12.2. The van der Waals surface area contributed by atoms with E-state index in [4.69, 9.17) is 5.11 Å². The van der Waals surface area contributed by atoms with Crippen LogP contribution >= 0.6 is 0 Å². The fourth-order valence-corrected chi connectivity index (χ4v) is 3.14. The molecule has 106 valence electrons. The van der Waals surface area contributed by atoms with Crippen LogP contribution in [0.1, 0.15) is 77.6 Å². The van der Waals surface area contributed by atoms with Gasteiger partial charge in [-0.25, -0.2) is 0 Å². The van der Waals surface area contributed by atoms with E-state index in [1.165, 1.54) is 70.6 Å². The van der Waals surface area contributed by atoms with E-state index in [0.29, 0.717) is 0 Å². The number of hydrogen-bond donors (Lipinski definition) is 1. The summed E-state index contributed by atoms with van der Waals surface area (Å²) in [5.41, 5.74) is 0. The van der Waals surface area contributed by atoms with Gasteiger partial charge in [0.2, 0.25) is 0 Å². The van der Waals surface area contributed by atoms with Crippen LogP contribution in [0.5, 0.6) is 0 Å². The van der Waals surface area contributed by atoms with Crippen molar-refractivity contribution in [3.8, 4) is 0 Å². The second-order valence-corrected chi connectivity index (χ2v) is 5.95. The number of rotatable bonds is 9. The van der Waals surface area contributed by atoms with Gasteiger partial charge in [0.15, 0.2) is 0 Å². The summed E-state index contributed by atoms with van der Waals surface area (Å²) in [6, 6.07) is 0. The van der Waals surface area contributed by atoms with Crippen LogP contribution in [0.3, 0.4) is 0 Å².